The molecule has 0 amide bonds. The Balaban J connectivity index is 1.88. The van der Waals surface area contributed by atoms with Crippen molar-refractivity contribution >= 4 is 11.6 Å². The van der Waals surface area contributed by atoms with Crippen molar-refractivity contribution in [1.29, 1.82) is 0 Å². The van der Waals surface area contributed by atoms with Crippen LogP contribution in [0, 0.1) is 0 Å². The third kappa shape index (κ3) is 3.85. The van der Waals surface area contributed by atoms with Gasteiger partial charge in [0.1, 0.15) is 11.4 Å². The first-order chi connectivity index (χ1) is 14.3. The molecule has 0 spiro atoms. The minimum atomic E-state index is -0.654. The molecule has 1 aromatic heterocycles. The van der Waals surface area contributed by atoms with E-state index in [1.165, 1.54) is 11.6 Å². The summed E-state index contributed by atoms with van der Waals surface area (Å²) >= 11 is 0. The van der Waals surface area contributed by atoms with Crippen LogP contribution in [0.5, 0.6) is 11.5 Å². The Morgan fingerprint density at radius 2 is 1.77 bits per heavy atom. The number of Topliss-reactive ketones (excluding diaryl/α,β-unsaturated/α-hetero) is 1. The summed E-state index contributed by atoms with van der Waals surface area (Å²) in [5.74, 6) is 0.866. The summed E-state index contributed by atoms with van der Waals surface area (Å²) in [5, 5.41) is 0. The van der Waals surface area contributed by atoms with Gasteiger partial charge in [0.2, 0.25) is 0 Å². The summed E-state index contributed by atoms with van der Waals surface area (Å²) in [7, 11) is 4.54. The summed E-state index contributed by atoms with van der Waals surface area (Å²) < 4.78 is 13.0. The van der Waals surface area contributed by atoms with E-state index in [0.29, 0.717) is 37.6 Å². The van der Waals surface area contributed by atoms with Crippen molar-refractivity contribution in [3.8, 4) is 11.5 Å². The number of carbonyl (C=O) groups excluding carboxylic acids is 1. The van der Waals surface area contributed by atoms with Crippen LogP contribution in [0.1, 0.15) is 34.8 Å². The summed E-state index contributed by atoms with van der Waals surface area (Å²) in [6.45, 7) is 3.47. The normalized spacial score (nSPS) is 13.7. The van der Waals surface area contributed by atoms with E-state index in [9.17, 15) is 14.4 Å². The van der Waals surface area contributed by atoms with Crippen LogP contribution in [0.25, 0.3) is 0 Å². The number of rotatable bonds is 7. The number of carbonyl (C=O) groups is 1. The number of fused-ring (bicyclic) bond motifs is 1. The van der Waals surface area contributed by atoms with Gasteiger partial charge in [0.25, 0.3) is 5.56 Å². The van der Waals surface area contributed by atoms with Crippen molar-refractivity contribution in [2.75, 3.05) is 33.0 Å². The van der Waals surface area contributed by atoms with Gasteiger partial charge in [0.15, 0.2) is 17.3 Å². The fourth-order valence-corrected chi connectivity index (χ4v) is 3.84. The van der Waals surface area contributed by atoms with Crippen LogP contribution in [0.2, 0.25) is 0 Å². The highest BCUT2D eigenvalue weighted by Gasteiger charge is 2.26. The average molecular weight is 416 g/mol. The second kappa shape index (κ2) is 8.74. The Bertz CT molecular complexity index is 1090. The van der Waals surface area contributed by atoms with Crippen molar-refractivity contribution in [3.05, 3.63) is 49.7 Å². The molecule has 0 radical (unpaired) electrons. The fraction of sp³-hybridized carbons (Fsp3) is 0.476. The van der Waals surface area contributed by atoms with Crippen LogP contribution in [0.3, 0.4) is 0 Å². The number of ether oxygens (including phenoxy) is 2. The smallest absolute Gasteiger partial charge is 0.332 e. The van der Waals surface area contributed by atoms with Gasteiger partial charge in [-0.2, -0.15) is 0 Å². The van der Waals surface area contributed by atoms with Gasteiger partial charge in [0.05, 0.1) is 20.8 Å². The van der Waals surface area contributed by atoms with E-state index in [0.717, 1.165) is 22.1 Å². The SMILES string of the molecule is CCCn1c(N)c(C(=O)CN2CCc3cc(OC)c(OC)cc3C2)c(=O)n(C)c1=O. The molecular formula is C21H28N4O5. The molecule has 1 aliphatic rings. The Morgan fingerprint density at radius 3 is 2.37 bits per heavy atom. The van der Waals surface area contributed by atoms with Crippen LogP contribution in [-0.2, 0) is 26.6 Å². The maximum absolute atomic E-state index is 13.0. The number of aromatic nitrogens is 2. The van der Waals surface area contributed by atoms with Crippen LogP contribution in [0.15, 0.2) is 21.7 Å². The van der Waals surface area contributed by atoms with Crippen LogP contribution in [0.4, 0.5) is 5.82 Å². The number of anilines is 1. The first-order valence-corrected chi connectivity index (χ1v) is 9.90. The lowest BCUT2D eigenvalue weighted by Gasteiger charge is -2.29. The average Bonchev–Trinajstić information content (AvgIpc) is 2.74. The van der Waals surface area contributed by atoms with Crippen LogP contribution < -0.4 is 26.5 Å². The molecule has 3 rings (SSSR count). The molecule has 30 heavy (non-hydrogen) atoms. The molecule has 0 aliphatic carbocycles. The maximum atomic E-state index is 13.0. The quantitative estimate of drug-likeness (QED) is 0.665. The van der Waals surface area contributed by atoms with Gasteiger partial charge >= 0.3 is 5.69 Å². The Labute approximate surface area is 174 Å². The topological polar surface area (TPSA) is 109 Å². The van der Waals surface area contributed by atoms with Crippen LogP contribution in [-0.4, -0.2) is 47.1 Å². The number of hydrogen-bond donors (Lipinski definition) is 1. The summed E-state index contributed by atoms with van der Waals surface area (Å²) in [4.78, 5) is 39.9. The van der Waals surface area contributed by atoms with Gasteiger partial charge in [-0.05, 0) is 36.1 Å². The zero-order valence-corrected chi connectivity index (χ0v) is 17.9. The number of benzene rings is 1. The van der Waals surface area contributed by atoms with Gasteiger partial charge < -0.3 is 15.2 Å². The van der Waals surface area contributed by atoms with Gasteiger partial charge in [-0.15, -0.1) is 0 Å². The molecule has 162 valence electrons. The van der Waals surface area contributed by atoms with E-state index >= 15 is 0 Å². The highest BCUT2D eigenvalue weighted by Crippen LogP contribution is 2.33. The van der Waals surface area contributed by atoms with Gasteiger partial charge in [-0.1, -0.05) is 6.92 Å². The zero-order valence-electron chi connectivity index (χ0n) is 17.9. The van der Waals surface area contributed by atoms with E-state index in [2.05, 4.69) is 0 Å². The lowest BCUT2D eigenvalue weighted by Crippen LogP contribution is -2.44. The fourth-order valence-electron chi connectivity index (χ4n) is 3.84. The summed E-state index contributed by atoms with van der Waals surface area (Å²) in [5.41, 5.74) is 6.97. The highest BCUT2D eigenvalue weighted by atomic mass is 16.5. The predicted octanol–water partition coefficient (Wildman–Crippen LogP) is 0.797. The lowest BCUT2D eigenvalue weighted by molar-refractivity contribution is 0.0919. The molecule has 0 bridgehead atoms. The van der Waals surface area contributed by atoms with E-state index in [1.54, 1.807) is 14.2 Å². The number of nitrogen functional groups attached to an aromatic ring is 1. The van der Waals surface area contributed by atoms with E-state index in [-0.39, 0.29) is 23.7 Å². The molecule has 0 atom stereocenters. The molecule has 9 heteroatoms. The van der Waals surface area contributed by atoms with Crippen LogP contribution >= 0.6 is 0 Å². The van der Waals surface area contributed by atoms with Crippen molar-refractivity contribution in [1.82, 2.24) is 14.0 Å². The van der Waals surface area contributed by atoms with E-state index in [1.807, 2.05) is 24.0 Å². The molecule has 0 saturated carbocycles. The first-order valence-electron chi connectivity index (χ1n) is 9.90. The summed E-state index contributed by atoms with van der Waals surface area (Å²) in [6, 6.07) is 3.88. The third-order valence-corrected chi connectivity index (χ3v) is 5.47. The third-order valence-electron chi connectivity index (χ3n) is 5.47. The monoisotopic (exact) mass is 416 g/mol. The number of methoxy groups -OCH3 is 2. The standard InChI is InChI=1S/C21H28N4O5/c1-5-7-25-19(22)18(20(27)23(2)21(25)28)15(26)12-24-8-6-13-9-16(29-3)17(30-4)10-14(13)11-24/h9-10H,5-8,11-12,22H2,1-4H3. The van der Waals surface area contributed by atoms with Crippen molar-refractivity contribution < 1.29 is 14.3 Å². The molecule has 2 N–H and O–H groups in total. The molecule has 9 nitrogen and oxygen atoms in total. The zero-order chi connectivity index (χ0) is 22.0. The van der Waals surface area contributed by atoms with Gasteiger partial charge in [-0.3, -0.25) is 23.6 Å². The lowest BCUT2D eigenvalue weighted by atomic mass is 9.98. The Morgan fingerprint density at radius 1 is 1.13 bits per heavy atom. The van der Waals surface area contributed by atoms with E-state index in [4.69, 9.17) is 15.2 Å². The highest BCUT2D eigenvalue weighted by molar-refractivity contribution is 6.01. The minimum Gasteiger partial charge on any atom is -0.493 e. The molecule has 1 aliphatic heterocycles. The van der Waals surface area contributed by atoms with Crippen molar-refractivity contribution in [2.24, 2.45) is 7.05 Å². The molecular weight excluding hydrogens is 388 g/mol. The molecule has 2 aromatic rings. The minimum absolute atomic E-state index is 0.0392. The van der Waals surface area contributed by atoms with E-state index < -0.39 is 11.2 Å². The Kier molecular flexibility index (Phi) is 6.31. The maximum Gasteiger partial charge on any atom is 0.332 e. The van der Waals surface area contributed by atoms with Crippen molar-refractivity contribution in [2.45, 2.75) is 32.9 Å². The second-order valence-corrected chi connectivity index (χ2v) is 7.42. The number of hydrogen-bond acceptors (Lipinski definition) is 7. The number of nitrogens with zero attached hydrogens (tertiary/aromatic N) is 3. The molecule has 0 unspecified atom stereocenters. The second-order valence-electron chi connectivity index (χ2n) is 7.42. The number of ketones is 1. The Hall–Kier alpha value is -3.07. The molecule has 0 saturated heterocycles. The predicted molar refractivity (Wildman–Crippen MR) is 114 cm³/mol. The summed E-state index contributed by atoms with van der Waals surface area (Å²) in [6.07, 6.45) is 1.40. The molecule has 2 heterocycles. The van der Waals surface area contributed by atoms with Crippen molar-refractivity contribution in [3.63, 3.8) is 0 Å². The number of nitrogens with two attached hydrogens (primary N) is 1. The largest absolute Gasteiger partial charge is 0.493 e. The molecule has 0 fully saturated rings. The molecule has 1 aromatic carbocycles. The van der Waals surface area contributed by atoms with Gasteiger partial charge in [0, 0.05) is 26.7 Å². The first kappa shape index (κ1) is 21.6. The van der Waals surface area contributed by atoms with Gasteiger partial charge in [-0.25, -0.2) is 4.79 Å².